The van der Waals surface area contributed by atoms with Crippen LogP contribution in [-0.4, -0.2) is 111 Å². The summed E-state index contributed by atoms with van der Waals surface area (Å²) in [5.41, 5.74) is 1.82. The minimum absolute atomic E-state index is 0.0486. The van der Waals surface area contributed by atoms with E-state index < -0.39 is 6.10 Å². The van der Waals surface area contributed by atoms with E-state index in [0.29, 0.717) is 37.2 Å². The first-order valence-electron chi connectivity index (χ1n) is 13.9. The number of piperidine rings is 1. The van der Waals surface area contributed by atoms with Crippen molar-refractivity contribution in [3.05, 3.63) is 34.9 Å². The van der Waals surface area contributed by atoms with Crippen molar-refractivity contribution in [2.24, 2.45) is 0 Å². The van der Waals surface area contributed by atoms with Gasteiger partial charge in [-0.3, -0.25) is 14.5 Å². The summed E-state index contributed by atoms with van der Waals surface area (Å²) >= 11 is 0. The van der Waals surface area contributed by atoms with Crippen molar-refractivity contribution >= 4 is 11.8 Å². The molecule has 2 aliphatic rings. The Hall–Kier alpha value is -2.04. The topological polar surface area (TPSA) is 103 Å². The van der Waals surface area contributed by atoms with Gasteiger partial charge >= 0.3 is 0 Å². The number of nitrogens with one attached hydrogen (secondary N) is 2. The van der Waals surface area contributed by atoms with Crippen LogP contribution in [0.1, 0.15) is 65.8 Å². The van der Waals surface area contributed by atoms with Crippen LogP contribution < -0.4 is 10.6 Å². The number of ether oxygens (including phenoxy) is 2. The molecule has 0 bridgehead atoms. The zero-order valence-corrected chi connectivity index (χ0v) is 22.8. The highest BCUT2D eigenvalue weighted by Crippen LogP contribution is 2.16. The Bertz CT molecular complexity index is 855. The van der Waals surface area contributed by atoms with Gasteiger partial charge in [-0.15, -0.1) is 0 Å². The van der Waals surface area contributed by atoms with E-state index >= 15 is 0 Å². The van der Waals surface area contributed by atoms with Gasteiger partial charge in [-0.25, -0.2) is 0 Å². The van der Waals surface area contributed by atoms with E-state index in [-0.39, 0.29) is 30.5 Å². The number of aliphatic hydroxyl groups is 1. The second-order valence-electron chi connectivity index (χ2n) is 10.2. The largest absolute Gasteiger partial charge is 0.390 e. The third kappa shape index (κ3) is 9.33. The summed E-state index contributed by atoms with van der Waals surface area (Å²) in [6.45, 7) is 13.3. The van der Waals surface area contributed by atoms with E-state index in [0.717, 1.165) is 64.2 Å². The molecule has 1 aromatic rings. The minimum atomic E-state index is -0.731. The zero-order valence-electron chi connectivity index (χ0n) is 22.8. The second kappa shape index (κ2) is 15.4. The molecule has 1 aromatic carbocycles. The summed E-state index contributed by atoms with van der Waals surface area (Å²) < 4.78 is 11.5. The molecule has 208 valence electrons. The number of aliphatic hydroxyl groups excluding tert-OH is 1. The fourth-order valence-electron chi connectivity index (χ4n) is 5.05. The molecular weight excluding hydrogens is 472 g/mol. The Labute approximate surface area is 221 Å². The van der Waals surface area contributed by atoms with E-state index in [2.05, 4.69) is 29.4 Å². The molecule has 3 atom stereocenters. The van der Waals surface area contributed by atoms with E-state index in [1.54, 1.807) is 12.1 Å². The molecular formula is C28H46N4O5. The third-order valence-electron chi connectivity index (χ3n) is 7.05. The van der Waals surface area contributed by atoms with Crippen LogP contribution in [0.3, 0.4) is 0 Å². The van der Waals surface area contributed by atoms with Crippen molar-refractivity contribution in [3.8, 4) is 0 Å². The molecule has 3 N–H and O–H groups in total. The minimum Gasteiger partial charge on any atom is -0.390 e. The maximum atomic E-state index is 13.0. The molecule has 9 nitrogen and oxygen atoms in total. The molecule has 2 fully saturated rings. The number of carbonyl (C=O) groups excluding carboxylic acids is 2. The van der Waals surface area contributed by atoms with E-state index in [1.165, 1.54) is 0 Å². The van der Waals surface area contributed by atoms with Crippen LogP contribution in [0, 0.1) is 6.92 Å². The molecule has 2 aliphatic heterocycles. The van der Waals surface area contributed by atoms with Crippen LogP contribution in [-0.2, 0) is 9.47 Å². The first-order valence-corrected chi connectivity index (χ1v) is 13.9. The second-order valence-corrected chi connectivity index (χ2v) is 10.2. The van der Waals surface area contributed by atoms with E-state index in [4.69, 9.17) is 9.47 Å². The lowest BCUT2D eigenvalue weighted by Gasteiger charge is -2.34. The van der Waals surface area contributed by atoms with Gasteiger partial charge in [0.1, 0.15) is 0 Å². The highest BCUT2D eigenvalue weighted by molar-refractivity contribution is 6.00. The quantitative estimate of drug-likeness (QED) is 0.366. The lowest BCUT2D eigenvalue weighted by Crippen LogP contribution is -2.51. The van der Waals surface area contributed by atoms with Gasteiger partial charge in [-0.1, -0.05) is 13.8 Å². The summed E-state index contributed by atoms with van der Waals surface area (Å²) in [5, 5.41) is 17.0. The summed E-state index contributed by atoms with van der Waals surface area (Å²) in [7, 11) is 0. The lowest BCUT2D eigenvalue weighted by molar-refractivity contribution is -0.0214. The Morgan fingerprint density at radius 1 is 1.19 bits per heavy atom. The number of nitrogens with zero attached hydrogens (tertiary/aromatic N) is 2. The molecule has 3 rings (SSSR count). The molecule has 0 saturated carbocycles. The number of rotatable bonds is 13. The summed E-state index contributed by atoms with van der Waals surface area (Å²) in [6, 6.07) is 5.12. The number of morpholine rings is 1. The summed E-state index contributed by atoms with van der Waals surface area (Å²) in [4.78, 5) is 30.2. The predicted molar refractivity (Wildman–Crippen MR) is 144 cm³/mol. The number of aryl methyl sites for hydroxylation is 1. The van der Waals surface area contributed by atoms with Crippen molar-refractivity contribution in [2.45, 2.75) is 64.7 Å². The highest BCUT2D eigenvalue weighted by atomic mass is 16.5. The first-order chi connectivity index (χ1) is 17.9. The normalized spacial score (nSPS) is 21.4. The van der Waals surface area contributed by atoms with Crippen molar-refractivity contribution in [1.29, 1.82) is 0 Å². The Morgan fingerprint density at radius 2 is 1.89 bits per heavy atom. The molecule has 2 amide bonds. The van der Waals surface area contributed by atoms with Gasteiger partial charge in [-0.05, 0) is 62.9 Å². The average Bonchev–Trinajstić information content (AvgIpc) is 2.91. The van der Waals surface area contributed by atoms with Crippen LogP contribution in [0.25, 0.3) is 0 Å². The molecule has 0 spiro atoms. The van der Waals surface area contributed by atoms with Crippen LogP contribution in [0.5, 0.6) is 0 Å². The standard InChI is InChI=1S/C28H46N4O5/c1-4-8-32(9-5-2)28(35)23-17-21(3)16-22(18-23)27(34)30-20-26(33)25-19-24(6-7-29-25)37-15-12-31-10-13-36-14-11-31/h16-18,24-26,29,33H,4-15,19-20H2,1-3H3,(H,30,34)/t24-,25+,26-/m0/s1. The van der Waals surface area contributed by atoms with Crippen LogP contribution >= 0.6 is 0 Å². The monoisotopic (exact) mass is 518 g/mol. The fourth-order valence-corrected chi connectivity index (χ4v) is 5.05. The van der Waals surface area contributed by atoms with Crippen LogP contribution in [0.4, 0.5) is 0 Å². The summed E-state index contributed by atoms with van der Waals surface area (Å²) in [5.74, 6) is -0.337. The van der Waals surface area contributed by atoms with Gasteiger partial charge in [-0.2, -0.15) is 0 Å². The van der Waals surface area contributed by atoms with Gasteiger partial charge in [0, 0.05) is 56.4 Å². The van der Waals surface area contributed by atoms with Gasteiger partial charge in [0.2, 0.25) is 0 Å². The van der Waals surface area contributed by atoms with E-state index in [1.807, 2.05) is 17.9 Å². The molecule has 2 heterocycles. The summed E-state index contributed by atoms with van der Waals surface area (Å²) in [6.07, 6.45) is 2.75. The smallest absolute Gasteiger partial charge is 0.253 e. The van der Waals surface area contributed by atoms with Gasteiger partial charge in [0.25, 0.3) is 11.8 Å². The SMILES string of the molecule is CCCN(CCC)C(=O)c1cc(C)cc(C(=O)NC[C@H](O)[C@H]2C[C@@H](OCCN3CCOCC3)CCN2)c1. The number of hydrogen-bond acceptors (Lipinski definition) is 7. The van der Waals surface area contributed by atoms with Gasteiger partial charge in [0.15, 0.2) is 0 Å². The van der Waals surface area contributed by atoms with Gasteiger partial charge < -0.3 is 30.1 Å². The van der Waals surface area contributed by atoms with Crippen LogP contribution in [0.15, 0.2) is 18.2 Å². The van der Waals surface area contributed by atoms with E-state index in [9.17, 15) is 14.7 Å². The number of carbonyl (C=O) groups is 2. The van der Waals surface area contributed by atoms with Crippen LogP contribution in [0.2, 0.25) is 0 Å². The molecule has 2 saturated heterocycles. The highest BCUT2D eigenvalue weighted by Gasteiger charge is 2.28. The van der Waals surface area contributed by atoms with Crippen molar-refractivity contribution in [3.63, 3.8) is 0 Å². The Morgan fingerprint density at radius 3 is 2.59 bits per heavy atom. The average molecular weight is 519 g/mol. The first kappa shape index (κ1) is 29.5. The number of hydrogen-bond donors (Lipinski definition) is 3. The lowest BCUT2D eigenvalue weighted by atomic mass is 9.97. The molecule has 0 aliphatic carbocycles. The maximum Gasteiger partial charge on any atom is 0.253 e. The number of amides is 2. The van der Waals surface area contributed by atoms with Crippen molar-refractivity contribution < 1.29 is 24.2 Å². The molecule has 0 unspecified atom stereocenters. The van der Waals surface area contributed by atoms with Crippen molar-refractivity contribution in [1.82, 2.24) is 20.4 Å². The predicted octanol–water partition coefficient (Wildman–Crippen LogP) is 1.82. The van der Waals surface area contributed by atoms with Crippen molar-refractivity contribution in [2.75, 3.05) is 65.6 Å². The molecule has 0 radical (unpaired) electrons. The maximum absolute atomic E-state index is 13.0. The molecule has 0 aromatic heterocycles. The fraction of sp³-hybridized carbons (Fsp3) is 0.714. The molecule has 37 heavy (non-hydrogen) atoms. The molecule has 9 heteroatoms. The number of benzene rings is 1. The van der Waals surface area contributed by atoms with Gasteiger partial charge in [0.05, 0.1) is 32.0 Å². The Balaban J connectivity index is 1.48. The Kier molecular flexibility index (Phi) is 12.3. The zero-order chi connectivity index (χ0) is 26.6. The third-order valence-corrected chi connectivity index (χ3v) is 7.05.